The molecule has 0 unspecified atom stereocenters. The summed E-state index contributed by atoms with van der Waals surface area (Å²) in [6, 6.07) is 0. The molecule has 0 heterocycles. The van der Waals surface area contributed by atoms with Crippen LogP contribution in [0.1, 0.15) is 18.1 Å². The molecule has 0 amide bonds. The monoisotopic (exact) mass is 218 g/mol. The molecule has 0 atom stereocenters. The highest BCUT2D eigenvalue weighted by Crippen LogP contribution is 2.25. The van der Waals surface area contributed by atoms with Gasteiger partial charge in [-0.15, -0.1) is 0 Å². The zero-order valence-corrected chi connectivity index (χ0v) is 8.43. The van der Waals surface area contributed by atoms with Gasteiger partial charge in [-0.25, -0.2) is 17.6 Å². The first-order valence-corrected chi connectivity index (χ1v) is 4.32. The van der Waals surface area contributed by atoms with Gasteiger partial charge in [-0.05, 0) is 25.8 Å². The Hall–Kier alpha value is -1.32. The summed E-state index contributed by atoms with van der Waals surface area (Å²) < 4.78 is 51.9. The van der Waals surface area contributed by atoms with Crippen LogP contribution in [0.5, 0.6) is 0 Å². The predicted molar refractivity (Wildman–Crippen MR) is 49.5 cm³/mol. The van der Waals surface area contributed by atoms with Crippen molar-refractivity contribution in [3.8, 4) is 0 Å². The minimum atomic E-state index is -1.77. The Balaban J connectivity index is 3.45. The largest absolute Gasteiger partial charge is 0.203 e. The average molecular weight is 218 g/mol. The standard InChI is InChI=1S/C11H10F4/c1-5(2)4-7-6(3)8(12)10(14)11(15)9(7)13/h1,4H2,2-3H3. The van der Waals surface area contributed by atoms with Crippen LogP contribution in [0, 0.1) is 30.2 Å². The first-order chi connectivity index (χ1) is 6.86. The van der Waals surface area contributed by atoms with E-state index >= 15 is 0 Å². The van der Waals surface area contributed by atoms with E-state index in [0.717, 1.165) is 0 Å². The quantitative estimate of drug-likeness (QED) is 0.307. The Morgan fingerprint density at radius 1 is 1.00 bits per heavy atom. The highest BCUT2D eigenvalue weighted by atomic mass is 19.2. The third-order valence-corrected chi connectivity index (χ3v) is 2.10. The van der Waals surface area contributed by atoms with Crippen molar-refractivity contribution in [1.29, 1.82) is 0 Å². The molecule has 0 N–H and O–H groups in total. The zero-order chi connectivity index (χ0) is 11.7. The maximum absolute atomic E-state index is 13.2. The highest BCUT2D eigenvalue weighted by molar-refractivity contribution is 5.33. The van der Waals surface area contributed by atoms with E-state index in [-0.39, 0.29) is 17.5 Å². The molecule has 0 radical (unpaired) electrons. The molecule has 0 aliphatic carbocycles. The van der Waals surface area contributed by atoms with Crippen LogP contribution in [-0.4, -0.2) is 0 Å². The lowest BCUT2D eigenvalue weighted by Crippen LogP contribution is -2.06. The van der Waals surface area contributed by atoms with Gasteiger partial charge in [-0.3, -0.25) is 0 Å². The van der Waals surface area contributed by atoms with E-state index in [1.165, 1.54) is 6.92 Å². The lowest BCUT2D eigenvalue weighted by Gasteiger charge is -2.10. The fourth-order valence-electron chi connectivity index (χ4n) is 1.30. The Bertz CT molecular complexity index is 392. The molecule has 1 aromatic carbocycles. The summed E-state index contributed by atoms with van der Waals surface area (Å²) in [6.45, 7) is 6.31. The zero-order valence-electron chi connectivity index (χ0n) is 8.43. The molecule has 0 aromatic heterocycles. The molecule has 0 spiro atoms. The fourth-order valence-corrected chi connectivity index (χ4v) is 1.30. The van der Waals surface area contributed by atoms with E-state index in [2.05, 4.69) is 6.58 Å². The Morgan fingerprint density at radius 3 is 1.93 bits per heavy atom. The van der Waals surface area contributed by atoms with Crippen LogP contribution in [0.15, 0.2) is 12.2 Å². The summed E-state index contributed by atoms with van der Waals surface area (Å²) >= 11 is 0. The molecule has 0 saturated carbocycles. The van der Waals surface area contributed by atoms with E-state index in [9.17, 15) is 17.6 Å². The van der Waals surface area contributed by atoms with Crippen molar-refractivity contribution in [2.24, 2.45) is 0 Å². The molecule has 0 aliphatic heterocycles. The smallest absolute Gasteiger partial charge is 0.197 e. The number of allylic oxidation sites excluding steroid dienone is 1. The number of hydrogen-bond donors (Lipinski definition) is 0. The second-order valence-corrected chi connectivity index (χ2v) is 3.49. The van der Waals surface area contributed by atoms with Crippen LogP contribution in [0.4, 0.5) is 17.6 Å². The van der Waals surface area contributed by atoms with Crippen molar-refractivity contribution in [3.63, 3.8) is 0 Å². The molecule has 0 saturated heterocycles. The number of rotatable bonds is 2. The summed E-state index contributed by atoms with van der Waals surface area (Å²) in [5.41, 5.74) is 0.149. The Morgan fingerprint density at radius 2 is 1.47 bits per heavy atom. The minimum Gasteiger partial charge on any atom is -0.203 e. The van der Waals surface area contributed by atoms with E-state index < -0.39 is 23.3 Å². The summed E-state index contributed by atoms with van der Waals surface area (Å²) in [6.07, 6.45) is -0.00815. The summed E-state index contributed by atoms with van der Waals surface area (Å²) in [4.78, 5) is 0. The van der Waals surface area contributed by atoms with Gasteiger partial charge in [-0.2, -0.15) is 0 Å². The lowest BCUT2D eigenvalue weighted by atomic mass is 10.0. The molecule has 0 bridgehead atoms. The van der Waals surface area contributed by atoms with Gasteiger partial charge < -0.3 is 0 Å². The van der Waals surface area contributed by atoms with E-state index in [0.29, 0.717) is 5.57 Å². The van der Waals surface area contributed by atoms with Crippen molar-refractivity contribution >= 4 is 0 Å². The molecule has 82 valence electrons. The summed E-state index contributed by atoms with van der Waals surface area (Å²) in [5.74, 6) is -6.22. The molecular formula is C11H10F4. The van der Waals surface area contributed by atoms with Crippen molar-refractivity contribution in [1.82, 2.24) is 0 Å². The van der Waals surface area contributed by atoms with Crippen molar-refractivity contribution in [2.45, 2.75) is 20.3 Å². The first-order valence-electron chi connectivity index (χ1n) is 4.32. The third-order valence-electron chi connectivity index (χ3n) is 2.10. The molecule has 15 heavy (non-hydrogen) atoms. The molecule has 0 aliphatic rings. The number of halogens is 4. The van der Waals surface area contributed by atoms with E-state index in [1.807, 2.05) is 0 Å². The number of benzene rings is 1. The molecule has 1 aromatic rings. The van der Waals surface area contributed by atoms with Crippen molar-refractivity contribution in [3.05, 3.63) is 46.5 Å². The maximum Gasteiger partial charge on any atom is 0.197 e. The van der Waals surface area contributed by atoms with Gasteiger partial charge in [0.15, 0.2) is 23.3 Å². The lowest BCUT2D eigenvalue weighted by molar-refractivity contribution is 0.401. The van der Waals surface area contributed by atoms with Crippen molar-refractivity contribution < 1.29 is 17.6 Å². The van der Waals surface area contributed by atoms with Crippen LogP contribution in [-0.2, 0) is 6.42 Å². The first kappa shape index (κ1) is 11.8. The van der Waals surface area contributed by atoms with Gasteiger partial charge in [0.2, 0.25) is 0 Å². The number of hydrogen-bond acceptors (Lipinski definition) is 0. The average Bonchev–Trinajstić information content (AvgIpc) is 2.18. The second kappa shape index (κ2) is 4.04. The van der Waals surface area contributed by atoms with Gasteiger partial charge in [0.1, 0.15) is 0 Å². The van der Waals surface area contributed by atoms with E-state index in [4.69, 9.17) is 0 Å². The molecule has 1 rings (SSSR count). The van der Waals surface area contributed by atoms with Gasteiger partial charge in [0, 0.05) is 5.56 Å². The predicted octanol–water partition coefficient (Wildman–Crippen LogP) is 3.67. The molecule has 0 fully saturated rings. The van der Waals surface area contributed by atoms with Crippen molar-refractivity contribution in [2.75, 3.05) is 0 Å². The third kappa shape index (κ3) is 2.03. The fraction of sp³-hybridized carbons (Fsp3) is 0.273. The van der Waals surface area contributed by atoms with E-state index in [1.54, 1.807) is 6.92 Å². The minimum absolute atomic E-state index is 0.00815. The second-order valence-electron chi connectivity index (χ2n) is 3.49. The normalized spacial score (nSPS) is 10.5. The molecule has 0 nitrogen and oxygen atoms in total. The van der Waals surface area contributed by atoms with Gasteiger partial charge in [0.05, 0.1) is 0 Å². The van der Waals surface area contributed by atoms with Gasteiger partial charge in [0.25, 0.3) is 0 Å². The SMILES string of the molecule is C=C(C)Cc1c(C)c(F)c(F)c(F)c1F. The van der Waals surface area contributed by atoms with Crippen LogP contribution >= 0.6 is 0 Å². The van der Waals surface area contributed by atoms with Crippen LogP contribution < -0.4 is 0 Å². The highest BCUT2D eigenvalue weighted by Gasteiger charge is 2.22. The van der Waals surface area contributed by atoms with Crippen LogP contribution in [0.2, 0.25) is 0 Å². The topological polar surface area (TPSA) is 0 Å². The van der Waals surface area contributed by atoms with Gasteiger partial charge in [-0.1, -0.05) is 12.2 Å². The van der Waals surface area contributed by atoms with Crippen LogP contribution in [0.25, 0.3) is 0 Å². The molecular weight excluding hydrogens is 208 g/mol. The molecule has 4 heteroatoms. The summed E-state index contributed by atoms with van der Waals surface area (Å²) in [5, 5.41) is 0. The van der Waals surface area contributed by atoms with Crippen LogP contribution in [0.3, 0.4) is 0 Å². The van der Waals surface area contributed by atoms with Gasteiger partial charge >= 0.3 is 0 Å². The summed E-state index contributed by atoms with van der Waals surface area (Å²) in [7, 11) is 0. The Kier molecular flexibility index (Phi) is 3.17. The Labute approximate surface area is 85.2 Å². The maximum atomic E-state index is 13.2.